The van der Waals surface area contributed by atoms with Gasteiger partial charge in [0.25, 0.3) is 0 Å². The van der Waals surface area contributed by atoms with Crippen LogP contribution in [0.2, 0.25) is 5.02 Å². The molecule has 0 heterocycles. The van der Waals surface area contributed by atoms with E-state index in [1.54, 1.807) is 19.1 Å². The van der Waals surface area contributed by atoms with Crippen molar-refractivity contribution in [1.29, 1.82) is 0 Å². The summed E-state index contributed by atoms with van der Waals surface area (Å²) in [4.78, 5) is 0. The molecule has 0 saturated carbocycles. The van der Waals surface area contributed by atoms with Crippen LogP contribution in [0.1, 0.15) is 29.7 Å². The van der Waals surface area contributed by atoms with Gasteiger partial charge in [-0.2, -0.15) is 0 Å². The fourth-order valence-electron chi connectivity index (χ4n) is 2.14. The van der Waals surface area contributed by atoms with Crippen LogP contribution in [0.4, 0.5) is 4.39 Å². The van der Waals surface area contributed by atoms with Gasteiger partial charge < -0.3 is 5.32 Å². The maximum absolute atomic E-state index is 13.8. The Morgan fingerprint density at radius 3 is 2.60 bits per heavy atom. The quantitative estimate of drug-likeness (QED) is 0.789. The normalized spacial score (nSPS) is 12.4. The van der Waals surface area contributed by atoms with Gasteiger partial charge in [-0.15, -0.1) is 0 Å². The first kappa shape index (κ1) is 15.5. The highest BCUT2D eigenvalue weighted by atomic mass is 79.9. The summed E-state index contributed by atoms with van der Waals surface area (Å²) in [5, 5.41) is 4.05. The Balaban J connectivity index is 2.47. The van der Waals surface area contributed by atoms with E-state index in [2.05, 4.69) is 21.2 Å². The van der Waals surface area contributed by atoms with Crippen molar-refractivity contribution in [2.24, 2.45) is 0 Å². The fraction of sp³-hybridized carbons (Fsp3) is 0.250. The zero-order chi connectivity index (χ0) is 14.7. The molecule has 1 atom stereocenters. The zero-order valence-electron chi connectivity index (χ0n) is 11.4. The summed E-state index contributed by atoms with van der Waals surface area (Å²) in [6.45, 7) is 4.58. The summed E-state index contributed by atoms with van der Waals surface area (Å²) in [7, 11) is 0. The molecule has 106 valence electrons. The van der Waals surface area contributed by atoms with Gasteiger partial charge in [0, 0.05) is 9.50 Å². The van der Waals surface area contributed by atoms with Crippen molar-refractivity contribution in [3.8, 4) is 0 Å². The predicted molar refractivity (Wildman–Crippen MR) is 85.8 cm³/mol. The second kappa shape index (κ2) is 6.70. The van der Waals surface area contributed by atoms with Crippen molar-refractivity contribution in [3.05, 3.63) is 68.4 Å². The minimum Gasteiger partial charge on any atom is -0.306 e. The van der Waals surface area contributed by atoms with Crippen molar-refractivity contribution in [1.82, 2.24) is 5.32 Å². The van der Waals surface area contributed by atoms with Crippen molar-refractivity contribution in [2.45, 2.75) is 19.9 Å². The lowest BCUT2D eigenvalue weighted by Crippen LogP contribution is -2.22. The highest BCUT2D eigenvalue weighted by Gasteiger charge is 2.17. The van der Waals surface area contributed by atoms with E-state index in [0.717, 1.165) is 22.1 Å². The Labute approximate surface area is 132 Å². The molecule has 0 aromatic heterocycles. The number of benzene rings is 2. The molecule has 20 heavy (non-hydrogen) atoms. The van der Waals surface area contributed by atoms with E-state index in [0.29, 0.717) is 10.6 Å². The lowest BCUT2D eigenvalue weighted by atomic mass is 9.97. The van der Waals surface area contributed by atoms with Crippen LogP contribution >= 0.6 is 27.5 Å². The Morgan fingerprint density at radius 2 is 2.00 bits per heavy atom. The smallest absolute Gasteiger partial charge is 0.126 e. The molecule has 0 bridgehead atoms. The molecule has 0 saturated heterocycles. The number of nitrogens with one attached hydrogen (secondary N) is 1. The largest absolute Gasteiger partial charge is 0.306 e. The van der Waals surface area contributed by atoms with Crippen molar-refractivity contribution in [2.75, 3.05) is 6.54 Å². The maximum Gasteiger partial charge on any atom is 0.126 e. The van der Waals surface area contributed by atoms with Gasteiger partial charge in [-0.25, -0.2) is 4.39 Å². The molecule has 0 radical (unpaired) electrons. The van der Waals surface area contributed by atoms with Gasteiger partial charge in [-0.05, 0) is 48.4 Å². The van der Waals surface area contributed by atoms with E-state index in [1.165, 1.54) is 0 Å². The van der Waals surface area contributed by atoms with Crippen molar-refractivity contribution >= 4 is 27.5 Å². The molecule has 0 aliphatic carbocycles. The second-order valence-electron chi connectivity index (χ2n) is 4.67. The predicted octanol–water partition coefficient (Wildman–Crippen LogP) is 5.25. The van der Waals surface area contributed by atoms with E-state index >= 15 is 0 Å². The molecule has 2 aromatic rings. The average Bonchev–Trinajstić information content (AvgIpc) is 2.40. The van der Waals surface area contributed by atoms with Crippen LogP contribution in [0.15, 0.2) is 40.9 Å². The molecule has 0 aliphatic heterocycles. The fourth-order valence-corrected chi connectivity index (χ4v) is 3.05. The SMILES string of the molecule is CCNC(c1ccc(C)c(F)c1)c1ccc(Cl)cc1Br. The van der Waals surface area contributed by atoms with E-state index in [-0.39, 0.29) is 11.9 Å². The van der Waals surface area contributed by atoms with Gasteiger partial charge in [0.05, 0.1) is 6.04 Å². The standard InChI is InChI=1S/C16H16BrClFN/c1-3-20-16(11-5-4-10(2)15(19)8-11)13-7-6-12(18)9-14(13)17/h4-9,16,20H,3H2,1-2H3. The number of rotatable bonds is 4. The molecule has 1 N–H and O–H groups in total. The molecule has 0 aliphatic rings. The van der Waals surface area contributed by atoms with Gasteiger partial charge in [0.2, 0.25) is 0 Å². The first-order chi connectivity index (χ1) is 9.52. The molecule has 0 amide bonds. The molecular formula is C16H16BrClFN. The minimum absolute atomic E-state index is 0.0678. The first-order valence-electron chi connectivity index (χ1n) is 6.47. The van der Waals surface area contributed by atoms with Gasteiger partial charge >= 0.3 is 0 Å². The third-order valence-corrected chi connectivity index (χ3v) is 4.13. The highest BCUT2D eigenvalue weighted by molar-refractivity contribution is 9.10. The summed E-state index contributed by atoms with van der Waals surface area (Å²) >= 11 is 9.51. The molecule has 1 nitrogen and oxygen atoms in total. The topological polar surface area (TPSA) is 12.0 Å². The molecule has 0 spiro atoms. The number of halogens is 3. The lowest BCUT2D eigenvalue weighted by Gasteiger charge is -2.21. The van der Waals surface area contributed by atoms with Gasteiger partial charge in [0.15, 0.2) is 0 Å². The summed E-state index contributed by atoms with van der Waals surface area (Å²) in [5.74, 6) is -0.185. The van der Waals surface area contributed by atoms with Gasteiger partial charge in [-0.1, -0.05) is 52.7 Å². The Hall–Kier alpha value is -0.900. The van der Waals surface area contributed by atoms with Crippen molar-refractivity contribution < 1.29 is 4.39 Å². The van der Waals surface area contributed by atoms with E-state index < -0.39 is 0 Å². The molecule has 2 rings (SSSR count). The van der Waals surface area contributed by atoms with Crippen molar-refractivity contribution in [3.63, 3.8) is 0 Å². The second-order valence-corrected chi connectivity index (χ2v) is 5.96. The molecular weight excluding hydrogens is 341 g/mol. The summed E-state index contributed by atoms with van der Waals surface area (Å²) in [6.07, 6.45) is 0. The maximum atomic E-state index is 13.8. The Kier molecular flexibility index (Phi) is 5.19. The molecule has 4 heteroatoms. The number of hydrogen-bond donors (Lipinski definition) is 1. The van der Waals surface area contributed by atoms with Crippen LogP contribution in [-0.4, -0.2) is 6.54 Å². The Bertz CT molecular complexity index is 615. The molecule has 2 aromatic carbocycles. The summed E-state index contributed by atoms with van der Waals surface area (Å²) in [6, 6.07) is 10.9. The van der Waals surface area contributed by atoms with Crippen LogP contribution in [0.25, 0.3) is 0 Å². The van der Waals surface area contributed by atoms with Gasteiger partial charge in [-0.3, -0.25) is 0 Å². The summed E-state index contributed by atoms with van der Waals surface area (Å²) in [5.41, 5.74) is 2.59. The molecule has 1 unspecified atom stereocenters. The minimum atomic E-state index is -0.185. The zero-order valence-corrected chi connectivity index (χ0v) is 13.7. The van der Waals surface area contributed by atoms with Crippen LogP contribution in [0.3, 0.4) is 0 Å². The van der Waals surface area contributed by atoms with E-state index in [4.69, 9.17) is 11.6 Å². The summed E-state index contributed by atoms with van der Waals surface area (Å²) < 4.78 is 14.7. The lowest BCUT2D eigenvalue weighted by molar-refractivity contribution is 0.596. The highest BCUT2D eigenvalue weighted by Crippen LogP contribution is 2.31. The number of hydrogen-bond acceptors (Lipinski definition) is 1. The third-order valence-electron chi connectivity index (χ3n) is 3.21. The van der Waals surface area contributed by atoms with Gasteiger partial charge in [0.1, 0.15) is 5.82 Å². The van der Waals surface area contributed by atoms with Crippen LogP contribution in [0.5, 0.6) is 0 Å². The first-order valence-corrected chi connectivity index (χ1v) is 7.64. The van der Waals surface area contributed by atoms with E-state index in [9.17, 15) is 4.39 Å². The Morgan fingerprint density at radius 1 is 1.25 bits per heavy atom. The number of aryl methyl sites for hydroxylation is 1. The molecule has 0 fully saturated rings. The van der Waals surface area contributed by atoms with Crippen LogP contribution in [-0.2, 0) is 0 Å². The average molecular weight is 357 g/mol. The monoisotopic (exact) mass is 355 g/mol. The van der Waals surface area contributed by atoms with Crippen LogP contribution < -0.4 is 5.32 Å². The van der Waals surface area contributed by atoms with E-state index in [1.807, 2.05) is 31.2 Å². The third kappa shape index (κ3) is 3.40. The van der Waals surface area contributed by atoms with Crippen LogP contribution in [0, 0.1) is 12.7 Å².